The lowest BCUT2D eigenvalue weighted by Crippen LogP contribution is -2.43. The first-order chi connectivity index (χ1) is 13.6. The van der Waals surface area contributed by atoms with Gasteiger partial charge in [-0.25, -0.2) is 0 Å². The predicted molar refractivity (Wildman–Crippen MR) is 109 cm³/mol. The topological polar surface area (TPSA) is 78.5 Å². The van der Waals surface area contributed by atoms with Gasteiger partial charge in [0.25, 0.3) is 5.91 Å². The van der Waals surface area contributed by atoms with Crippen LogP contribution in [0.3, 0.4) is 0 Å². The van der Waals surface area contributed by atoms with Crippen LogP contribution in [0.2, 0.25) is 0 Å². The van der Waals surface area contributed by atoms with Crippen molar-refractivity contribution in [2.24, 2.45) is 11.8 Å². The Morgan fingerprint density at radius 2 is 1.54 bits per heavy atom. The highest BCUT2D eigenvalue weighted by atomic mass is 32.1. The second-order valence-electron chi connectivity index (χ2n) is 7.40. The van der Waals surface area contributed by atoms with Crippen molar-refractivity contribution in [1.82, 2.24) is 4.90 Å². The molecule has 2 N–H and O–H groups in total. The molecule has 1 aromatic carbocycles. The molecular formula is C21H23N3O3S. The smallest absolute Gasteiger partial charge is 0.263 e. The highest BCUT2D eigenvalue weighted by Crippen LogP contribution is 2.30. The summed E-state index contributed by atoms with van der Waals surface area (Å²) in [6.07, 6.45) is 3.53. The Kier molecular flexibility index (Phi) is 5.43. The Morgan fingerprint density at radius 3 is 2.11 bits per heavy atom. The van der Waals surface area contributed by atoms with Gasteiger partial charge in [-0.15, -0.1) is 11.3 Å². The van der Waals surface area contributed by atoms with Gasteiger partial charge in [0.2, 0.25) is 11.8 Å². The number of carbonyl (C=O) groups is 3. The lowest BCUT2D eigenvalue weighted by molar-refractivity contribution is -0.121. The number of nitrogens with one attached hydrogen (secondary N) is 2. The maximum atomic E-state index is 12.7. The molecule has 1 aliphatic heterocycles. The van der Waals surface area contributed by atoms with Gasteiger partial charge in [0.15, 0.2) is 0 Å². The van der Waals surface area contributed by atoms with Crippen LogP contribution in [0.5, 0.6) is 0 Å². The van der Waals surface area contributed by atoms with Crippen molar-refractivity contribution in [1.29, 1.82) is 0 Å². The zero-order chi connectivity index (χ0) is 19.5. The van der Waals surface area contributed by atoms with E-state index < -0.39 is 0 Å². The van der Waals surface area contributed by atoms with E-state index in [1.165, 1.54) is 11.3 Å². The van der Waals surface area contributed by atoms with Gasteiger partial charge in [0, 0.05) is 30.4 Å². The summed E-state index contributed by atoms with van der Waals surface area (Å²) >= 11 is 1.43. The molecule has 0 bridgehead atoms. The molecule has 1 saturated carbocycles. The van der Waals surface area contributed by atoms with Crippen LogP contribution in [-0.4, -0.2) is 35.7 Å². The van der Waals surface area contributed by atoms with Crippen molar-refractivity contribution >= 4 is 40.4 Å². The Morgan fingerprint density at radius 1 is 0.893 bits per heavy atom. The zero-order valence-corrected chi connectivity index (χ0v) is 16.3. The largest absolute Gasteiger partial charge is 0.337 e. The van der Waals surface area contributed by atoms with E-state index in [1.54, 1.807) is 29.2 Å². The van der Waals surface area contributed by atoms with Crippen molar-refractivity contribution in [2.75, 3.05) is 23.7 Å². The van der Waals surface area contributed by atoms with Crippen LogP contribution in [0.15, 0.2) is 41.8 Å². The maximum Gasteiger partial charge on any atom is 0.263 e. The number of piperidine rings is 1. The molecule has 0 unspecified atom stereocenters. The molecule has 6 nitrogen and oxygen atoms in total. The van der Waals surface area contributed by atoms with E-state index in [9.17, 15) is 14.4 Å². The lowest BCUT2D eigenvalue weighted by Gasteiger charge is -2.31. The molecule has 3 amide bonds. The number of thiophene rings is 1. The van der Waals surface area contributed by atoms with Crippen molar-refractivity contribution in [3.63, 3.8) is 0 Å². The molecule has 2 heterocycles. The molecule has 146 valence electrons. The van der Waals surface area contributed by atoms with Crippen LogP contribution in [-0.2, 0) is 9.59 Å². The number of benzene rings is 1. The van der Waals surface area contributed by atoms with Gasteiger partial charge in [0.1, 0.15) is 0 Å². The van der Waals surface area contributed by atoms with E-state index in [-0.39, 0.29) is 29.6 Å². The third-order valence-electron chi connectivity index (χ3n) is 5.18. The van der Waals surface area contributed by atoms with Crippen molar-refractivity contribution in [3.05, 3.63) is 46.7 Å². The molecule has 7 heteroatoms. The first-order valence-electron chi connectivity index (χ1n) is 9.65. The third-order valence-corrected chi connectivity index (χ3v) is 6.04. The summed E-state index contributed by atoms with van der Waals surface area (Å²) in [5.74, 6) is -0.0615. The number of amides is 3. The van der Waals surface area contributed by atoms with Crippen LogP contribution < -0.4 is 10.6 Å². The number of anilines is 2. The number of likely N-dealkylation sites (tertiary alicyclic amines) is 1. The Hall–Kier alpha value is -2.67. The fraction of sp³-hybridized carbons (Fsp3) is 0.381. The minimum atomic E-state index is -0.216. The summed E-state index contributed by atoms with van der Waals surface area (Å²) in [4.78, 5) is 39.5. The number of rotatable bonds is 5. The second-order valence-corrected chi connectivity index (χ2v) is 8.35. The Labute approximate surface area is 167 Å². The van der Waals surface area contributed by atoms with E-state index in [0.717, 1.165) is 31.4 Å². The SMILES string of the molecule is O=C(Nc1ccc(NC(=O)[C@H]2CCCN(C(=O)c3cccs3)C2)cc1)C1CC1. The summed E-state index contributed by atoms with van der Waals surface area (Å²) in [5, 5.41) is 7.71. The Bertz CT molecular complexity index is 860. The molecule has 28 heavy (non-hydrogen) atoms. The summed E-state index contributed by atoms with van der Waals surface area (Å²) in [7, 11) is 0. The number of carbonyl (C=O) groups excluding carboxylic acids is 3. The van der Waals surface area contributed by atoms with Crippen molar-refractivity contribution in [2.45, 2.75) is 25.7 Å². The number of nitrogens with zero attached hydrogens (tertiary/aromatic N) is 1. The first-order valence-corrected chi connectivity index (χ1v) is 10.5. The van der Waals surface area contributed by atoms with Crippen LogP contribution in [0.25, 0.3) is 0 Å². The first kappa shape index (κ1) is 18.7. The van der Waals surface area contributed by atoms with Gasteiger partial charge < -0.3 is 15.5 Å². The Balaban J connectivity index is 1.32. The van der Waals surface area contributed by atoms with Crippen LogP contribution >= 0.6 is 11.3 Å². The van der Waals surface area contributed by atoms with Crippen molar-refractivity contribution in [3.8, 4) is 0 Å². The average Bonchev–Trinajstić information content (AvgIpc) is 3.43. The molecule has 1 saturated heterocycles. The third kappa shape index (κ3) is 4.42. The van der Waals surface area contributed by atoms with Crippen LogP contribution in [0, 0.1) is 11.8 Å². The molecule has 4 rings (SSSR count). The van der Waals surface area contributed by atoms with Gasteiger partial charge in [-0.3, -0.25) is 14.4 Å². The van der Waals surface area contributed by atoms with Gasteiger partial charge >= 0.3 is 0 Å². The number of hydrogen-bond donors (Lipinski definition) is 2. The minimum Gasteiger partial charge on any atom is -0.337 e. The molecule has 1 aliphatic carbocycles. The van der Waals surface area contributed by atoms with Gasteiger partial charge in [-0.2, -0.15) is 0 Å². The molecule has 0 spiro atoms. The van der Waals surface area contributed by atoms with Gasteiger partial charge in [0.05, 0.1) is 10.8 Å². The molecule has 1 atom stereocenters. The lowest BCUT2D eigenvalue weighted by atomic mass is 9.97. The molecule has 0 radical (unpaired) electrons. The van der Waals surface area contributed by atoms with E-state index in [4.69, 9.17) is 0 Å². The van der Waals surface area contributed by atoms with Gasteiger partial charge in [-0.1, -0.05) is 6.07 Å². The summed E-state index contributed by atoms with van der Waals surface area (Å²) in [5.41, 5.74) is 1.43. The highest BCUT2D eigenvalue weighted by molar-refractivity contribution is 7.12. The highest BCUT2D eigenvalue weighted by Gasteiger charge is 2.30. The monoisotopic (exact) mass is 397 g/mol. The predicted octanol–water partition coefficient (Wildman–Crippen LogP) is 3.59. The average molecular weight is 398 g/mol. The van der Waals surface area contributed by atoms with Crippen LogP contribution in [0.4, 0.5) is 11.4 Å². The maximum absolute atomic E-state index is 12.7. The number of hydrogen-bond acceptors (Lipinski definition) is 4. The van der Waals surface area contributed by atoms with E-state index in [2.05, 4.69) is 10.6 Å². The van der Waals surface area contributed by atoms with Gasteiger partial charge in [-0.05, 0) is 61.4 Å². The van der Waals surface area contributed by atoms with E-state index in [0.29, 0.717) is 23.7 Å². The normalized spacial score (nSPS) is 19.1. The molecule has 2 fully saturated rings. The standard InChI is InChI=1S/C21H23N3O3S/c25-19(14-5-6-14)22-16-7-9-17(10-8-16)23-20(26)15-3-1-11-24(13-15)21(27)18-4-2-12-28-18/h2,4,7-10,12,14-15H,1,3,5-6,11,13H2,(H,22,25)(H,23,26)/t15-/m0/s1. The molecule has 1 aromatic heterocycles. The fourth-order valence-corrected chi connectivity index (χ4v) is 4.09. The summed E-state index contributed by atoms with van der Waals surface area (Å²) < 4.78 is 0. The minimum absolute atomic E-state index is 0.00302. The summed E-state index contributed by atoms with van der Waals surface area (Å²) in [6, 6.07) is 10.9. The van der Waals surface area contributed by atoms with E-state index >= 15 is 0 Å². The molecule has 2 aromatic rings. The zero-order valence-electron chi connectivity index (χ0n) is 15.5. The fourth-order valence-electron chi connectivity index (χ4n) is 3.40. The van der Waals surface area contributed by atoms with Crippen LogP contribution in [0.1, 0.15) is 35.4 Å². The van der Waals surface area contributed by atoms with Crippen molar-refractivity contribution < 1.29 is 14.4 Å². The summed E-state index contributed by atoms with van der Waals surface area (Å²) in [6.45, 7) is 1.13. The second kappa shape index (κ2) is 8.14. The molecule has 2 aliphatic rings. The molecular weight excluding hydrogens is 374 g/mol. The quantitative estimate of drug-likeness (QED) is 0.809. The van der Waals surface area contributed by atoms with E-state index in [1.807, 2.05) is 17.5 Å².